The van der Waals surface area contributed by atoms with Gasteiger partial charge in [-0.3, -0.25) is 4.79 Å². The third-order valence-electron chi connectivity index (χ3n) is 3.22. The van der Waals surface area contributed by atoms with Gasteiger partial charge in [-0.2, -0.15) is 0 Å². The Labute approximate surface area is 117 Å². The van der Waals surface area contributed by atoms with Gasteiger partial charge in [-0.1, -0.05) is 18.2 Å². The van der Waals surface area contributed by atoms with E-state index in [0.717, 1.165) is 0 Å². The van der Waals surface area contributed by atoms with Gasteiger partial charge in [-0.25, -0.2) is 9.18 Å². The normalized spacial score (nSPS) is 11.8. The van der Waals surface area contributed by atoms with Crippen molar-refractivity contribution in [1.82, 2.24) is 9.80 Å². The average Bonchev–Trinajstić information content (AvgIpc) is 2.42. The number of hydrogen-bond acceptors (Lipinski definition) is 2. The highest BCUT2D eigenvalue weighted by molar-refractivity contribution is 5.80. The monoisotopic (exact) mass is 282 g/mol. The van der Waals surface area contributed by atoms with Gasteiger partial charge in [-0.15, -0.1) is 0 Å². The van der Waals surface area contributed by atoms with Crippen molar-refractivity contribution in [2.24, 2.45) is 0 Å². The molecule has 0 saturated carbocycles. The number of amides is 2. The largest absolute Gasteiger partial charge is 0.480 e. The van der Waals surface area contributed by atoms with E-state index in [1.165, 1.54) is 22.9 Å². The van der Waals surface area contributed by atoms with Crippen LogP contribution in [0.4, 0.5) is 9.18 Å². The van der Waals surface area contributed by atoms with Crippen LogP contribution in [-0.4, -0.2) is 47.0 Å². The number of carboxylic acid groups (broad SMARTS) is 1. The van der Waals surface area contributed by atoms with E-state index >= 15 is 0 Å². The molecule has 0 heterocycles. The second-order valence-electron chi connectivity index (χ2n) is 4.50. The number of carbonyl (C=O) groups is 2. The van der Waals surface area contributed by atoms with Crippen molar-refractivity contribution in [2.45, 2.75) is 19.9 Å². The summed E-state index contributed by atoms with van der Waals surface area (Å²) in [5.41, 5.74) is 0.398. The first-order valence-electron chi connectivity index (χ1n) is 6.36. The fourth-order valence-corrected chi connectivity index (χ4v) is 1.89. The lowest BCUT2D eigenvalue weighted by atomic mass is 10.1. The molecule has 6 heteroatoms. The number of rotatable bonds is 5. The Bertz CT molecular complexity index is 493. The van der Waals surface area contributed by atoms with Crippen molar-refractivity contribution in [2.75, 3.05) is 20.1 Å². The Morgan fingerprint density at radius 2 is 1.95 bits per heavy atom. The lowest BCUT2D eigenvalue weighted by Gasteiger charge is -2.30. The van der Waals surface area contributed by atoms with Crippen molar-refractivity contribution in [3.8, 4) is 0 Å². The number of carboxylic acids is 1. The Hall–Kier alpha value is -2.11. The van der Waals surface area contributed by atoms with Crippen molar-refractivity contribution in [3.05, 3.63) is 35.6 Å². The summed E-state index contributed by atoms with van der Waals surface area (Å²) < 4.78 is 13.7. The van der Waals surface area contributed by atoms with Crippen LogP contribution in [0.1, 0.15) is 25.5 Å². The number of nitrogens with zero attached hydrogens (tertiary/aromatic N) is 2. The quantitative estimate of drug-likeness (QED) is 0.901. The smallest absolute Gasteiger partial charge is 0.323 e. The lowest BCUT2D eigenvalue weighted by Crippen LogP contribution is -2.44. The fraction of sp³-hybridized carbons (Fsp3) is 0.429. The van der Waals surface area contributed by atoms with Crippen molar-refractivity contribution in [1.29, 1.82) is 0 Å². The van der Waals surface area contributed by atoms with Crippen LogP contribution in [0.15, 0.2) is 24.3 Å². The number of hydrogen-bond donors (Lipinski definition) is 1. The zero-order chi connectivity index (χ0) is 15.3. The molecular formula is C14H19FN2O3. The number of urea groups is 1. The Morgan fingerprint density at radius 1 is 1.35 bits per heavy atom. The molecule has 1 rings (SSSR count). The van der Waals surface area contributed by atoms with Gasteiger partial charge < -0.3 is 14.9 Å². The maximum absolute atomic E-state index is 13.7. The van der Waals surface area contributed by atoms with Gasteiger partial charge in [0.25, 0.3) is 0 Å². The maximum atomic E-state index is 13.7. The zero-order valence-electron chi connectivity index (χ0n) is 11.8. The third kappa shape index (κ3) is 3.69. The molecule has 0 aliphatic rings. The molecule has 1 N–H and O–H groups in total. The molecule has 0 aliphatic heterocycles. The lowest BCUT2D eigenvalue weighted by molar-refractivity contribution is -0.137. The van der Waals surface area contributed by atoms with Crippen LogP contribution in [0.3, 0.4) is 0 Å². The van der Waals surface area contributed by atoms with Gasteiger partial charge in [0.2, 0.25) is 0 Å². The number of benzene rings is 1. The summed E-state index contributed by atoms with van der Waals surface area (Å²) in [7, 11) is 1.53. The highest BCUT2D eigenvalue weighted by Gasteiger charge is 2.24. The number of aliphatic carboxylic acids is 1. The molecule has 0 radical (unpaired) electrons. The molecule has 1 aromatic rings. The first kappa shape index (κ1) is 15.9. The van der Waals surface area contributed by atoms with Gasteiger partial charge in [-0.05, 0) is 19.9 Å². The second kappa shape index (κ2) is 6.88. The Balaban J connectivity index is 2.87. The molecule has 2 amide bonds. The topological polar surface area (TPSA) is 60.9 Å². The number of likely N-dealkylation sites (N-methyl/N-ethyl adjacent to an activating group) is 1. The van der Waals surface area contributed by atoms with E-state index in [1.54, 1.807) is 32.0 Å². The summed E-state index contributed by atoms with van der Waals surface area (Å²) in [5.74, 6) is -1.46. The third-order valence-corrected chi connectivity index (χ3v) is 3.22. The summed E-state index contributed by atoms with van der Waals surface area (Å²) in [6.45, 7) is 3.30. The number of carbonyl (C=O) groups excluding carboxylic acids is 1. The van der Waals surface area contributed by atoms with Crippen LogP contribution in [0.5, 0.6) is 0 Å². The van der Waals surface area contributed by atoms with Crippen LogP contribution >= 0.6 is 0 Å². The minimum atomic E-state index is -1.08. The van der Waals surface area contributed by atoms with E-state index in [2.05, 4.69) is 0 Å². The standard InChI is InChI=1S/C14H19FN2O3/c1-4-17(9-13(18)19)14(20)16(3)10(2)11-7-5-6-8-12(11)15/h5-8,10H,4,9H2,1-3H3,(H,18,19). The minimum Gasteiger partial charge on any atom is -0.480 e. The molecule has 1 aromatic carbocycles. The highest BCUT2D eigenvalue weighted by Crippen LogP contribution is 2.22. The van der Waals surface area contributed by atoms with Crippen molar-refractivity contribution >= 4 is 12.0 Å². The molecule has 1 atom stereocenters. The SMILES string of the molecule is CCN(CC(=O)O)C(=O)N(C)C(C)c1ccccc1F. The zero-order valence-corrected chi connectivity index (χ0v) is 11.8. The fourth-order valence-electron chi connectivity index (χ4n) is 1.89. The maximum Gasteiger partial charge on any atom is 0.323 e. The molecule has 0 fully saturated rings. The molecule has 0 aromatic heterocycles. The van der Waals surface area contributed by atoms with Gasteiger partial charge in [0.05, 0.1) is 6.04 Å². The van der Waals surface area contributed by atoms with Crippen molar-refractivity contribution in [3.63, 3.8) is 0 Å². The highest BCUT2D eigenvalue weighted by atomic mass is 19.1. The molecule has 1 unspecified atom stereocenters. The van der Waals surface area contributed by atoms with Gasteiger partial charge >= 0.3 is 12.0 Å². The van der Waals surface area contributed by atoms with Gasteiger partial charge in [0.1, 0.15) is 12.4 Å². The van der Waals surface area contributed by atoms with Crippen LogP contribution < -0.4 is 0 Å². The molecule has 0 spiro atoms. The molecule has 110 valence electrons. The van der Waals surface area contributed by atoms with Crippen LogP contribution in [0.2, 0.25) is 0 Å². The predicted octanol–water partition coefficient (Wildman–Crippen LogP) is 2.35. The van der Waals surface area contributed by atoms with E-state index in [0.29, 0.717) is 5.56 Å². The van der Waals surface area contributed by atoms with Crippen LogP contribution in [0, 0.1) is 5.82 Å². The summed E-state index contributed by atoms with van der Waals surface area (Å²) in [4.78, 5) is 25.5. The van der Waals surface area contributed by atoms with Crippen LogP contribution in [-0.2, 0) is 4.79 Å². The van der Waals surface area contributed by atoms with Crippen molar-refractivity contribution < 1.29 is 19.1 Å². The molecule has 20 heavy (non-hydrogen) atoms. The minimum absolute atomic E-state index is 0.277. The van der Waals surface area contributed by atoms with Gasteiger partial charge in [0, 0.05) is 19.2 Å². The summed E-state index contributed by atoms with van der Waals surface area (Å²) >= 11 is 0. The summed E-state index contributed by atoms with van der Waals surface area (Å²) in [5, 5.41) is 8.77. The Morgan fingerprint density at radius 3 is 2.45 bits per heavy atom. The van der Waals surface area contributed by atoms with E-state index in [4.69, 9.17) is 5.11 Å². The van der Waals surface area contributed by atoms with E-state index in [9.17, 15) is 14.0 Å². The molecule has 0 saturated heterocycles. The predicted molar refractivity (Wildman–Crippen MR) is 72.9 cm³/mol. The van der Waals surface area contributed by atoms with E-state index in [-0.39, 0.29) is 18.9 Å². The molecule has 5 nitrogen and oxygen atoms in total. The molecule has 0 bridgehead atoms. The average molecular weight is 282 g/mol. The number of halogens is 1. The second-order valence-corrected chi connectivity index (χ2v) is 4.50. The van der Waals surface area contributed by atoms with Gasteiger partial charge in [0.15, 0.2) is 0 Å². The van der Waals surface area contributed by atoms with Crippen LogP contribution in [0.25, 0.3) is 0 Å². The molecular weight excluding hydrogens is 263 g/mol. The van der Waals surface area contributed by atoms with E-state index in [1.807, 2.05) is 0 Å². The molecule has 0 aliphatic carbocycles. The summed E-state index contributed by atoms with van der Waals surface area (Å²) in [6.07, 6.45) is 0. The summed E-state index contributed by atoms with van der Waals surface area (Å²) in [6, 6.07) is 5.30. The Kier molecular flexibility index (Phi) is 5.49. The van der Waals surface area contributed by atoms with E-state index < -0.39 is 18.0 Å². The first-order chi connectivity index (χ1) is 9.38. The first-order valence-corrected chi connectivity index (χ1v) is 6.36.